The van der Waals surface area contributed by atoms with E-state index < -0.39 is 0 Å². The Balaban J connectivity index is 1.93. The monoisotopic (exact) mass is 278 g/mol. The Kier molecular flexibility index (Phi) is 3.73. The van der Waals surface area contributed by atoms with Crippen molar-refractivity contribution >= 4 is 11.6 Å². The number of carbonyl (C=O) groups excluding carboxylic acids is 1. The van der Waals surface area contributed by atoms with Crippen molar-refractivity contribution in [2.75, 3.05) is 4.90 Å². The summed E-state index contributed by atoms with van der Waals surface area (Å²) in [6.45, 7) is 0.483. The average molecular weight is 278 g/mol. The quantitative estimate of drug-likeness (QED) is 0.798. The zero-order chi connectivity index (χ0) is 14.5. The van der Waals surface area contributed by atoms with Crippen molar-refractivity contribution in [3.05, 3.63) is 78.1 Å². The molecule has 0 saturated heterocycles. The van der Waals surface area contributed by atoms with Crippen molar-refractivity contribution in [1.82, 2.24) is 15.4 Å². The number of hydrogen-bond acceptors (Lipinski definition) is 3. The standard InChI is InChI=1S/C16H14N4O/c21-16(15-11-17-19-18-15)20(14-9-5-2-6-10-14)12-13-7-3-1-4-8-13/h1-11H,12H2,(H,17,18,19). The van der Waals surface area contributed by atoms with Crippen LogP contribution in [0.3, 0.4) is 0 Å². The van der Waals surface area contributed by atoms with Crippen molar-refractivity contribution in [1.29, 1.82) is 0 Å². The Morgan fingerprint density at radius 1 is 1.00 bits per heavy atom. The lowest BCUT2D eigenvalue weighted by Crippen LogP contribution is -2.30. The SMILES string of the molecule is O=C(c1cn[nH]n1)N(Cc1ccccc1)c1ccccc1. The molecule has 0 fully saturated rings. The first-order chi connectivity index (χ1) is 10.3. The third kappa shape index (κ3) is 2.97. The van der Waals surface area contributed by atoms with Gasteiger partial charge in [0.2, 0.25) is 0 Å². The van der Waals surface area contributed by atoms with E-state index in [0.717, 1.165) is 11.3 Å². The zero-order valence-electron chi connectivity index (χ0n) is 11.3. The molecule has 0 aliphatic carbocycles. The molecule has 1 heterocycles. The summed E-state index contributed by atoms with van der Waals surface area (Å²) in [6.07, 6.45) is 1.43. The molecule has 5 nitrogen and oxygen atoms in total. The molecule has 5 heteroatoms. The Bertz CT molecular complexity index is 696. The molecule has 0 aliphatic heterocycles. The van der Waals surface area contributed by atoms with Gasteiger partial charge in [-0.25, -0.2) is 0 Å². The number of aromatic nitrogens is 3. The van der Waals surface area contributed by atoms with Crippen LogP contribution in [-0.4, -0.2) is 21.3 Å². The number of rotatable bonds is 4. The summed E-state index contributed by atoms with van der Waals surface area (Å²) in [5.41, 5.74) is 2.18. The van der Waals surface area contributed by atoms with Crippen LogP contribution in [0.4, 0.5) is 5.69 Å². The van der Waals surface area contributed by atoms with E-state index in [1.54, 1.807) is 4.90 Å². The van der Waals surface area contributed by atoms with E-state index in [-0.39, 0.29) is 5.91 Å². The van der Waals surface area contributed by atoms with Crippen LogP contribution in [0.1, 0.15) is 16.1 Å². The lowest BCUT2D eigenvalue weighted by molar-refractivity contribution is 0.0980. The van der Waals surface area contributed by atoms with Crippen LogP contribution in [0.2, 0.25) is 0 Å². The molecule has 3 aromatic rings. The highest BCUT2D eigenvalue weighted by molar-refractivity contribution is 6.04. The fourth-order valence-corrected chi connectivity index (χ4v) is 2.10. The number of anilines is 1. The Morgan fingerprint density at radius 3 is 2.29 bits per heavy atom. The molecular weight excluding hydrogens is 264 g/mol. The zero-order valence-corrected chi connectivity index (χ0v) is 11.3. The van der Waals surface area contributed by atoms with E-state index in [4.69, 9.17) is 0 Å². The summed E-state index contributed by atoms with van der Waals surface area (Å²) in [5, 5.41) is 10.1. The number of hydrogen-bond donors (Lipinski definition) is 1. The predicted octanol–water partition coefficient (Wildman–Crippen LogP) is 2.65. The molecule has 0 atom stereocenters. The second-order valence-corrected chi connectivity index (χ2v) is 4.57. The number of nitrogens with zero attached hydrogens (tertiary/aromatic N) is 3. The Morgan fingerprint density at radius 2 is 1.67 bits per heavy atom. The predicted molar refractivity (Wildman–Crippen MR) is 79.8 cm³/mol. The normalized spacial score (nSPS) is 10.3. The third-order valence-corrected chi connectivity index (χ3v) is 3.13. The molecule has 1 aromatic heterocycles. The van der Waals surface area contributed by atoms with Crippen molar-refractivity contribution < 1.29 is 4.79 Å². The first-order valence-electron chi connectivity index (χ1n) is 6.61. The average Bonchev–Trinajstić information content (AvgIpc) is 3.08. The number of para-hydroxylation sites is 1. The maximum absolute atomic E-state index is 12.6. The van der Waals surface area contributed by atoms with Gasteiger partial charge in [0.25, 0.3) is 5.91 Å². The molecule has 2 aromatic carbocycles. The smallest absolute Gasteiger partial charge is 0.280 e. The van der Waals surface area contributed by atoms with Crippen LogP contribution in [0.15, 0.2) is 66.9 Å². The van der Waals surface area contributed by atoms with E-state index in [2.05, 4.69) is 15.4 Å². The molecule has 0 spiro atoms. The van der Waals surface area contributed by atoms with Gasteiger partial charge in [0.15, 0.2) is 5.69 Å². The van der Waals surface area contributed by atoms with Gasteiger partial charge in [-0.05, 0) is 17.7 Å². The number of nitrogens with one attached hydrogen (secondary N) is 1. The summed E-state index contributed by atoms with van der Waals surface area (Å²) in [7, 11) is 0. The van der Waals surface area contributed by atoms with Crippen molar-refractivity contribution in [3.8, 4) is 0 Å². The molecule has 0 bridgehead atoms. The molecule has 21 heavy (non-hydrogen) atoms. The highest BCUT2D eigenvalue weighted by Crippen LogP contribution is 2.19. The van der Waals surface area contributed by atoms with Crippen LogP contribution in [0, 0.1) is 0 Å². The highest BCUT2D eigenvalue weighted by Gasteiger charge is 2.20. The lowest BCUT2D eigenvalue weighted by atomic mass is 10.2. The van der Waals surface area contributed by atoms with Gasteiger partial charge in [0, 0.05) is 5.69 Å². The van der Waals surface area contributed by atoms with Crippen LogP contribution in [0.5, 0.6) is 0 Å². The molecule has 0 aliphatic rings. The number of aromatic amines is 1. The molecule has 3 rings (SSSR count). The number of amides is 1. The van der Waals surface area contributed by atoms with E-state index in [9.17, 15) is 4.79 Å². The molecule has 104 valence electrons. The van der Waals surface area contributed by atoms with E-state index in [0.29, 0.717) is 12.2 Å². The molecule has 0 saturated carbocycles. The van der Waals surface area contributed by atoms with Gasteiger partial charge < -0.3 is 4.90 Å². The van der Waals surface area contributed by atoms with Crippen molar-refractivity contribution in [2.24, 2.45) is 0 Å². The second-order valence-electron chi connectivity index (χ2n) is 4.57. The molecule has 1 amide bonds. The lowest BCUT2D eigenvalue weighted by Gasteiger charge is -2.22. The van der Waals surface area contributed by atoms with Crippen LogP contribution < -0.4 is 4.90 Å². The summed E-state index contributed by atoms with van der Waals surface area (Å²) < 4.78 is 0. The van der Waals surface area contributed by atoms with E-state index >= 15 is 0 Å². The maximum atomic E-state index is 12.6. The molecular formula is C16H14N4O. The summed E-state index contributed by atoms with van der Waals surface area (Å²) >= 11 is 0. The topological polar surface area (TPSA) is 61.9 Å². The van der Waals surface area contributed by atoms with Crippen LogP contribution in [0.25, 0.3) is 0 Å². The highest BCUT2D eigenvalue weighted by atomic mass is 16.2. The van der Waals surface area contributed by atoms with Crippen LogP contribution in [-0.2, 0) is 6.54 Å². The summed E-state index contributed by atoms with van der Waals surface area (Å²) in [5.74, 6) is -0.182. The van der Waals surface area contributed by atoms with Gasteiger partial charge in [-0.1, -0.05) is 48.5 Å². The minimum Gasteiger partial charge on any atom is -0.303 e. The van der Waals surface area contributed by atoms with E-state index in [1.807, 2.05) is 60.7 Å². The molecule has 0 radical (unpaired) electrons. The largest absolute Gasteiger partial charge is 0.303 e. The number of carbonyl (C=O) groups is 1. The summed E-state index contributed by atoms with van der Waals surface area (Å²) in [4.78, 5) is 14.3. The molecule has 0 unspecified atom stereocenters. The van der Waals surface area contributed by atoms with Gasteiger partial charge in [-0.2, -0.15) is 15.4 Å². The number of benzene rings is 2. The first-order valence-corrected chi connectivity index (χ1v) is 6.61. The minimum absolute atomic E-state index is 0.182. The maximum Gasteiger partial charge on any atom is 0.280 e. The van der Waals surface area contributed by atoms with Gasteiger partial charge >= 0.3 is 0 Å². The second kappa shape index (κ2) is 6.00. The van der Waals surface area contributed by atoms with E-state index in [1.165, 1.54) is 6.20 Å². The van der Waals surface area contributed by atoms with Gasteiger partial charge in [-0.3, -0.25) is 4.79 Å². The Hall–Kier alpha value is -2.95. The van der Waals surface area contributed by atoms with Gasteiger partial charge in [-0.15, -0.1) is 0 Å². The number of H-pyrrole nitrogens is 1. The van der Waals surface area contributed by atoms with Gasteiger partial charge in [0.1, 0.15) is 0 Å². The fraction of sp³-hybridized carbons (Fsp3) is 0.0625. The fourth-order valence-electron chi connectivity index (χ4n) is 2.10. The van der Waals surface area contributed by atoms with Crippen LogP contribution >= 0.6 is 0 Å². The third-order valence-electron chi connectivity index (χ3n) is 3.13. The van der Waals surface area contributed by atoms with Gasteiger partial charge in [0.05, 0.1) is 12.7 Å². The van der Waals surface area contributed by atoms with Crippen molar-refractivity contribution in [2.45, 2.75) is 6.54 Å². The summed E-state index contributed by atoms with van der Waals surface area (Å²) in [6, 6.07) is 19.4. The first kappa shape index (κ1) is 13.1. The molecule has 1 N–H and O–H groups in total. The van der Waals surface area contributed by atoms with Crippen molar-refractivity contribution in [3.63, 3.8) is 0 Å². The Labute approximate surface area is 122 Å². The minimum atomic E-state index is -0.182.